The van der Waals surface area contributed by atoms with Crippen molar-refractivity contribution in [2.75, 3.05) is 17.8 Å². The summed E-state index contributed by atoms with van der Waals surface area (Å²) >= 11 is 1.82. The van der Waals surface area contributed by atoms with Crippen molar-refractivity contribution in [2.45, 2.75) is 30.3 Å². The van der Waals surface area contributed by atoms with Crippen LogP contribution in [0.5, 0.6) is 0 Å². The van der Waals surface area contributed by atoms with Gasteiger partial charge in [0.25, 0.3) is 0 Å². The molecule has 18 heavy (non-hydrogen) atoms. The van der Waals surface area contributed by atoms with Crippen LogP contribution < -0.4 is 5.32 Å². The lowest BCUT2D eigenvalue weighted by Crippen LogP contribution is -2.32. The Kier molecular flexibility index (Phi) is 4.35. The summed E-state index contributed by atoms with van der Waals surface area (Å²) in [7, 11) is -3.09. The first-order valence-electron chi connectivity index (χ1n) is 6.11. The van der Waals surface area contributed by atoms with Gasteiger partial charge >= 0.3 is 0 Å². The van der Waals surface area contributed by atoms with Gasteiger partial charge in [0.2, 0.25) is 0 Å². The van der Waals surface area contributed by atoms with Crippen LogP contribution in [0.2, 0.25) is 0 Å². The molecule has 1 aliphatic heterocycles. The zero-order chi connectivity index (χ0) is 13.2. The molecular formula is C13H19NO2S2. The van der Waals surface area contributed by atoms with E-state index in [-0.39, 0.29) is 11.8 Å². The molecule has 2 unspecified atom stereocenters. The van der Waals surface area contributed by atoms with Crippen molar-refractivity contribution in [3.63, 3.8) is 0 Å². The average Bonchev–Trinajstić information content (AvgIpc) is 2.59. The van der Waals surface area contributed by atoms with E-state index >= 15 is 0 Å². The Morgan fingerprint density at radius 1 is 1.44 bits per heavy atom. The van der Waals surface area contributed by atoms with Crippen LogP contribution in [0.25, 0.3) is 0 Å². The summed E-state index contributed by atoms with van der Waals surface area (Å²) in [6, 6.07) is 7.60. The first-order valence-corrected chi connectivity index (χ1v) is 9.16. The number of hydrogen-bond donors (Lipinski definition) is 1. The van der Waals surface area contributed by atoms with Gasteiger partial charge in [-0.3, -0.25) is 0 Å². The van der Waals surface area contributed by atoms with Crippen LogP contribution in [0.15, 0.2) is 29.2 Å². The van der Waals surface area contributed by atoms with Gasteiger partial charge in [0.1, 0.15) is 0 Å². The number of nitrogens with one attached hydrogen (secondary N) is 1. The van der Waals surface area contributed by atoms with E-state index in [1.165, 1.54) is 0 Å². The molecular weight excluding hydrogens is 266 g/mol. The van der Waals surface area contributed by atoms with Crippen LogP contribution in [-0.2, 0) is 9.84 Å². The topological polar surface area (TPSA) is 46.2 Å². The van der Waals surface area contributed by atoms with Crippen molar-refractivity contribution >= 4 is 21.6 Å². The minimum atomic E-state index is -3.09. The Labute approximate surface area is 113 Å². The van der Waals surface area contributed by atoms with Gasteiger partial charge in [-0.2, -0.15) is 11.8 Å². The van der Waals surface area contributed by atoms with E-state index in [9.17, 15) is 8.42 Å². The maximum absolute atomic E-state index is 12.0. The summed E-state index contributed by atoms with van der Waals surface area (Å²) in [6.45, 7) is 2.11. The molecule has 2 rings (SSSR count). The smallest absolute Gasteiger partial charge is 0.180 e. The molecule has 0 amide bonds. The highest BCUT2D eigenvalue weighted by Gasteiger charge is 2.34. The lowest BCUT2D eigenvalue weighted by molar-refractivity contribution is 0.474. The molecule has 0 radical (unpaired) electrons. The molecule has 0 aliphatic carbocycles. The van der Waals surface area contributed by atoms with Crippen molar-refractivity contribution in [3.05, 3.63) is 29.8 Å². The predicted molar refractivity (Wildman–Crippen MR) is 76.8 cm³/mol. The van der Waals surface area contributed by atoms with Crippen molar-refractivity contribution in [1.29, 1.82) is 0 Å². The minimum Gasteiger partial charge on any atom is -0.306 e. The molecule has 3 nitrogen and oxygen atoms in total. The lowest BCUT2D eigenvalue weighted by atomic mass is 10.1. The average molecular weight is 285 g/mol. The van der Waals surface area contributed by atoms with Gasteiger partial charge < -0.3 is 5.32 Å². The zero-order valence-corrected chi connectivity index (χ0v) is 12.4. The Morgan fingerprint density at radius 3 is 2.89 bits per heavy atom. The number of benzene rings is 1. The predicted octanol–water partition coefficient (Wildman–Crippen LogP) is 2.25. The van der Waals surface area contributed by atoms with Crippen molar-refractivity contribution < 1.29 is 8.42 Å². The van der Waals surface area contributed by atoms with E-state index < -0.39 is 9.84 Å². The molecule has 0 saturated heterocycles. The fraction of sp³-hybridized carbons (Fsp3) is 0.538. The van der Waals surface area contributed by atoms with Crippen molar-refractivity contribution in [3.8, 4) is 0 Å². The van der Waals surface area contributed by atoms with Crippen LogP contribution >= 0.6 is 11.8 Å². The number of rotatable bonds is 5. The van der Waals surface area contributed by atoms with E-state index in [2.05, 4.69) is 18.5 Å². The van der Waals surface area contributed by atoms with Crippen molar-refractivity contribution in [2.24, 2.45) is 0 Å². The molecule has 0 aromatic heterocycles. The van der Waals surface area contributed by atoms with Crippen LogP contribution in [0.3, 0.4) is 0 Å². The number of fused-ring (bicyclic) bond motifs is 1. The second-order valence-corrected chi connectivity index (χ2v) is 7.71. The normalized spacial score (nSPS) is 22.7. The first-order chi connectivity index (χ1) is 8.54. The molecule has 1 aromatic carbocycles. The van der Waals surface area contributed by atoms with Gasteiger partial charge in [-0.25, -0.2) is 8.42 Å². The SMILES string of the molecule is CSCCC(C)NC1CS(=O)(=O)c2ccccc21. The van der Waals surface area contributed by atoms with Gasteiger partial charge in [0.05, 0.1) is 10.6 Å². The molecule has 1 aromatic rings. The number of sulfone groups is 1. The third kappa shape index (κ3) is 2.90. The lowest BCUT2D eigenvalue weighted by Gasteiger charge is -2.19. The van der Waals surface area contributed by atoms with E-state index in [0.717, 1.165) is 17.7 Å². The van der Waals surface area contributed by atoms with E-state index in [0.29, 0.717) is 10.9 Å². The molecule has 0 bridgehead atoms. The summed E-state index contributed by atoms with van der Waals surface area (Å²) < 4.78 is 24.0. The molecule has 1 aliphatic rings. The largest absolute Gasteiger partial charge is 0.306 e. The molecule has 1 heterocycles. The molecule has 0 spiro atoms. The van der Waals surface area contributed by atoms with Crippen molar-refractivity contribution in [1.82, 2.24) is 5.32 Å². The minimum absolute atomic E-state index is 0.0527. The monoisotopic (exact) mass is 285 g/mol. The van der Waals surface area contributed by atoms with Gasteiger partial charge in [-0.15, -0.1) is 0 Å². The molecule has 100 valence electrons. The number of hydrogen-bond acceptors (Lipinski definition) is 4. The maximum atomic E-state index is 12.0. The highest BCUT2D eigenvalue weighted by Crippen LogP contribution is 2.33. The van der Waals surface area contributed by atoms with E-state index in [1.807, 2.05) is 23.9 Å². The highest BCUT2D eigenvalue weighted by molar-refractivity contribution is 7.98. The van der Waals surface area contributed by atoms with Gasteiger partial charge in [0, 0.05) is 12.1 Å². The second kappa shape index (κ2) is 5.63. The Bertz CT molecular complexity index is 513. The Hall–Kier alpha value is -0.520. The van der Waals surface area contributed by atoms with Gasteiger partial charge in [-0.05, 0) is 37.0 Å². The van der Waals surface area contributed by atoms with Crippen LogP contribution in [0.4, 0.5) is 0 Å². The summed E-state index contributed by atoms with van der Waals surface area (Å²) in [5, 5.41) is 3.43. The summed E-state index contributed by atoms with van der Waals surface area (Å²) in [6.07, 6.45) is 3.14. The van der Waals surface area contributed by atoms with Crippen LogP contribution in [0.1, 0.15) is 24.9 Å². The number of thioether (sulfide) groups is 1. The summed E-state index contributed by atoms with van der Waals surface area (Å²) in [4.78, 5) is 0.500. The Balaban J connectivity index is 2.13. The maximum Gasteiger partial charge on any atom is 0.180 e. The molecule has 1 N–H and O–H groups in total. The van der Waals surface area contributed by atoms with Gasteiger partial charge in [-0.1, -0.05) is 18.2 Å². The first kappa shape index (κ1) is 13.9. The van der Waals surface area contributed by atoms with E-state index in [1.54, 1.807) is 12.1 Å². The molecule has 2 atom stereocenters. The van der Waals surface area contributed by atoms with E-state index in [4.69, 9.17) is 0 Å². The zero-order valence-electron chi connectivity index (χ0n) is 10.7. The quantitative estimate of drug-likeness (QED) is 0.901. The Morgan fingerprint density at radius 2 is 2.17 bits per heavy atom. The van der Waals surface area contributed by atoms with Gasteiger partial charge in [0.15, 0.2) is 9.84 Å². The molecule has 5 heteroatoms. The second-order valence-electron chi connectivity index (χ2n) is 4.72. The van der Waals surface area contributed by atoms with Crippen LogP contribution in [-0.4, -0.2) is 32.2 Å². The summed E-state index contributed by atoms with van der Waals surface area (Å²) in [5.41, 5.74) is 0.925. The third-order valence-electron chi connectivity index (χ3n) is 3.26. The highest BCUT2D eigenvalue weighted by atomic mass is 32.2. The fourth-order valence-corrected chi connectivity index (χ4v) is 4.65. The van der Waals surface area contributed by atoms with Crippen LogP contribution in [0, 0.1) is 0 Å². The fourth-order valence-electron chi connectivity index (χ4n) is 2.31. The standard InChI is InChI=1S/C13H19NO2S2/c1-10(7-8-17-2)14-12-9-18(15,16)13-6-4-3-5-11(12)13/h3-6,10,12,14H,7-9H2,1-2H3. The summed E-state index contributed by atoms with van der Waals surface area (Å²) in [5.74, 6) is 1.28. The molecule has 0 saturated carbocycles. The molecule has 0 fully saturated rings. The third-order valence-corrected chi connectivity index (χ3v) is 5.71.